The minimum Gasteiger partial charge on any atom is -0.445 e. The topological polar surface area (TPSA) is 55.4 Å². The first-order chi connectivity index (χ1) is 12.3. The van der Waals surface area contributed by atoms with Crippen LogP contribution in [-0.4, -0.2) is 29.4 Å². The highest BCUT2D eigenvalue weighted by atomic mass is 79.9. The third-order valence-electron chi connectivity index (χ3n) is 4.67. The number of halogens is 4. The van der Waals surface area contributed by atoms with Gasteiger partial charge in [0.1, 0.15) is 6.61 Å². The number of benzene rings is 1. The second-order valence-corrected chi connectivity index (χ2v) is 7.00. The third kappa shape index (κ3) is 6.00. The Bertz CT molecular complexity index is 601. The minimum atomic E-state index is -4.21. The average Bonchev–Trinajstić information content (AvgIpc) is 2.64. The maximum atomic E-state index is 12.8. The molecular formula is C18H21BrF3NO3. The molecule has 1 aromatic carbocycles. The van der Waals surface area contributed by atoms with E-state index < -0.39 is 24.2 Å². The van der Waals surface area contributed by atoms with Crippen LogP contribution in [-0.2, 0) is 16.1 Å². The molecule has 8 heteroatoms. The number of rotatable bonds is 6. The van der Waals surface area contributed by atoms with Gasteiger partial charge >= 0.3 is 12.3 Å². The molecule has 2 rings (SSSR count). The molecule has 0 unspecified atom stereocenters. The molecule has 4 nitrogen and oxygen atoms in total. The molecule has 1 saturated carbocycles. The summed E-state index contributed by atoms with van der Waals surface area (Å²) < 4.78 is 43.5. The van der Waals surface area contributed by atoms with Gasteiger partial charge in [-0.25, -0.2) is 4.79 Å². The van der Waals surface area contributed by atoms with Crippen LogP contribution in [0.1, 0.15) is 31.2 Å². The molecule has 1 atom stereocenters. The van der Waals surface area contributed by atoms with Gasteiger partial charge in [-0.15, -0.1) is 0 Å². The van der Waals surface area contributed by atoms with E-state index in [2.05, 4.69) is 21.2 Å². The van der Waals surface area contributed by atoms with Crippen LogP contribution >= 0.6 is 15.9 Å². The van der Waals surface area contributed by atoms with Gasteiger partial charge in [0.2, 0.25) is 0 Å². The van der Waals surface area contributed by atoms with Gasteiger partial charge < -0.3 is 10.1 Å². The number of carbonyl (C=O) groups excluding carboxylic acids is 2. The fraction of sp³-hybridized carbons (Fsp3) is 0.556. The number of alkyl carbamates (subject to hydrolysis) is 1. The monoisotopic (exact) mass is 435 g/mol. The molecule has 1 amide bonds. The second-order valence-electron chi connectivity index (χ2n) is 6.44. The van der Waals surface area contributed by atoms with Crippen molar-refractivity contribution in [3.63, 3.8) is 0 Å². The molecule has 1 aliphatic rings. The molecule has 1 aromatic rings. The minimum absolute atomic E-state index is 0.0236. The van der Waals surface area contributed by atoms with E-state index in [1.807, 2.05) is 18.2 Å². The summed E-state index contributed by atoms with van der Waals surface area (Å²) in [4.78, 5) is 24.2. The van der Waals surface area contributed by atoms with Crippen LogP contribution in [0, 0.1) is 11.8 Å². The summed E-state index contributed by atoms with van der Waals surface area (Å²) in [6.07, 6.45) is -4.52. The lowest BCUT2D eigenvalue weighted by atomic mass is 9.77. The van der Waals surface area contributed by atoms with Crippen LogP contribution < -0.4 is 5.32 Å². The smallest absolute Gasteiger partial charge is 0.408 e. The zero-order valence-electron chi connectivity index (χ0n) is 14.1. The zero-order valence-corrected chi connectivity index (χ0v) is 15.7. The number of ether oxygens (including phenoxy) is 1. The summed E-state index contributed by atoms with van der Waals surface area (Å²) >= 11 is 3.07. The lowest BCUT2D eigenvalue weighted by Crippen LogP contribution is -2.48. The van der Waals surface area contributed by atoms with Crippen molar-refractivity contribution in [3.05, 3.63) is 35.9 Å². The van der Waals surface area contributed by atoms with Gasteiger partial charge in [0, 0.05) is 0 Å². The molecule has 0 aromatic heterocycles. The van der Waals surface area contributed by atoms with E-state index in [1.54, 1.807) is 12.1 Å². The average molecular weight is 436 g/mol. The van der Waals surface area contributed by atoms with Crippen molar-refractivity contribution in [2.45, 2.75) is 44.5 Å². The molecule has 144 valence electrons. The van der Waals surface area contributed by atoms with E-state index in [-0.39, 0.29) is 49.3 Å². The number of carbonyl (C=O) groups is 2. The van der Waals surface area contributed by atoms with Gasteiger partial charge in [0.15, 0.2) is 5.78 Å². The zero-order chi connectivity index (χ0) is 19.2. The van der Waals surface area contributed by atoms with Gasteiger partial charge in [-0.1, -0.05) is 46.3 Å². The molecular weight excluding hydrogens is 415 g/mol. The van der Waals surface area contributed by atoms with Crippen molar-refractivity contribution in [3.8, 4) is 0 Å². The molecule has 1 N–H and O–H groups in total. The number of Topliss-reactive ketones (excluding diaryl/α,β-unsaturated/α-hetero) is 1. The Hall–Kier alpha value is -1.57. The Morgan fingerprint density at radius 3 is 2.31 bits per heavy atom. The Balaban J connectivity index is 1.91. The molecule has 0 spiro atoms. The molecule has 0 bridgehead atoms. The Labute approximate surface area is 158 Å². The molecule has 0 radical (unpaired) electrons. The molecule has 26 heavy (non-hydrogen) atoms. The molecule has 0 heterocycles. The highest BCUT2D eigenvalue weighted by molar-refractivity contribution is 9.09. The normalized spacial score (nSPS) is 21.7. The van der Waals surface area contributed by atoms with Crippen LogP contribution in [0.4, 0.5) is 18.0 Å². The number of alkyl halides is 4. The third-order valence-corrected chi connectivity index (χ3v) is 5.22. The van der Waals surface area contributed by atoms with Crippen molar-refractivity contribution in [2.75, 3.05) is 5.33 Å². The summed E-state index contributed by atoms with van der Waals surface area (Å²) in [6.45, 7) is 0.0582. The SMILES string of the molecule is O=C(N[C@H](C(=O)CBr)C1CCC(C(F)(F)F)CC1)OCc1ccccc1. The van der Waals surface area contributed by atoms with E-state index in [4.69, 9.17) is 4.74 Å². The molecule has 0 aliphatic heterocycles. The lowest BCUT2D eigenvalue weighted by Gasteiger charge is -2.33. The quantitative estimate of drug-likeness (QED) is 0.663. The van der Waals surface area contributed by atoms with Crippen molar-refractivity contribution < 1.29 is 27.5 Å². The number of ketones is 1. The maximum absolute atomic E-state index is 12.8. The summed E-state index contributed by atoms with van der Waals surface area (Å²) in [7, 11) is 0. The first-order valence-corrected chi connectivity index (χ1v) is 9.56. The Kier molecular flexibility index (Phi) is 7.49. The first kappa shape index (κ1) is 20.7. The van der Waals surface area contributed by atoms with E-state index in [0.717, 1.165) is 5.56 Å². The first-order valence-electron chi connectivity index (χ1n) is 8.44. The summed E-state index contributed by atoms with van der Waals surface area (Å²) in [6, 6.07) is 8.22. The second kappa shape index (κ2) is 9.39. The predicted molar refractivity (Wildman–Crippen MR) is 93.9 cm³/mol. The van der Waals surface area contributed by atoms with Crippen molar-refractivity contribution in [1.82, 2.24) is 5.32 Å². The maximum Gasteiger partial charge on any atom is 0.408 e. The van der Waals surface area contributed by atoms with Gasteiger partial charge in [-0.3, -0.25) is 4.79 Å². The van der Waals surface area contributed by atoms with Crippen LogP contribution in [0.2, 0.25) is 0 Å². The standard InChI is InChI=1S/C18H21BrF3NO3/c19-10-15(24)16(13-6-8-14(9-7-13)18(20,21)22)23-17(25)26-11-12-4-2-1-3-5-12/h1-5,13-14,16H,6-11H2,(H,23,25)/t13?,14?,16-/m0/s1. The van der Waals surface area contributed by atoms with Crippen LogP contribution in [0.5, 0.6) is 0 Å². The van der Waals surface area contributed by atoms with Gasteiger partial charge in [-0.2, -0.15) is 13.2 Å². The predicted octanol–water partition coefficient (Wildman–Crippen LogP) is 4.61. The molecule has 1 fully saturated rings. The van der Waals surface area contributed by atoms with Crippen molar-refractivity contribution >= 4 is 27.8 Å². The van der Waals surface area contributed by atoms with Gasteiger partial charge in [0.05, 0.1) is 17.3 Å². The number of hydrogen-bond acceptors (Lipinski definition) is 3. The van der Waals surface area contributed by atoms with E-state index in [1.165, 1.54) is 0 Å². The fourth-order valence-electron chi connectivity index (χ4n) is 3.22. The van der Waals surface area contributed by atoms with E-state index >= 15 is 0 Å². The lowest BCUT2D eigenvalue weighted by molar-refractivity contribution is -0.184. The van der Waals surface area contributed by atoms with Crippen LogP contribution in [0.25, 0.3) is 0 Å². The Morgan fingerprint density at radius 1 is 1.15 bits per heavy atom. The summed E-state index contributed by atoms with van der Waals surface area (Å²) in [5.41, 5.74) is 0.803. The van der Waals surface area contributed by atoms with E-state index in [0.29, 0.717) is 0 Å². The number of amides is 1. The summed E-state index contributed by atoms with van der Waals surface area (Å²) in [5.74, 6) is -1.91. The highest BCUT2D eigenvalue weighted by Crippen LogP contribution is 2.40. The number of nitrogens with one attached hydrogen (secondary N) is 1. The molecule has 1 aliphatic carbocycles. The Morgan fingerprint density at radius 2 is 1.77 bits per heavy atom. The van der Waals surface area contributed by atoms with Crippen molar-refractivity contribution in [1.29, 1.82) is 0 Å². The van der Waals surface area contributed by atoms with Crippen molar-refractivity contribution in [2.24, 2.45) is 11.8 Å². The molecule has 0 saturated heterocycles. The van der Waals surface area contributed by atoms with Crippen LogP contribution in [0.3, 0.4) is 0 Å². The van der Waals surface area contributed by atoms with Gasteiger partial charge in [-0.05, 0) is 37.2 Å². The van der Waals surface area contributed by atoms with E-state index in [9.17, 15) is 22.8 Å². The van der Waals surface area contributed by atoms with Crippen LogP contribution in [0.15, 0.2) is 30.3 Å². The van der Waals surface area contributed by atoms with Gasteiger partial charge in [0.25, 0.3) is 0 Å². The number of hydrogen-bond donors (Lipinski definition) is 1. The summed E-state index contributed by atoms with van der Waals surface area (Å²) in [5, 5.41) is 2.56. The fourth-order valence-corrected chi connectivity index (χ4v) is 3.56. The highest BCUT2D eigenvalue weighted by Gasteiger charge is 2.43. The largest absolute Gasteiger partial charge is 0.445 e.